The Morgan fingerprint density at radius 1 is 1.45 bits per heavy atom. The summed E-state index contributed by atoms with van der Waals surface area (Å²) < 4.78 is 35.7. The Hall–Kier alpha value is -0.580. The Kier molecular flexibility index (Phi) is 2.66. The average molecular weight is 170 g/mol. The highest BCUT2D eigenvalue weighted by Gasteiger charge is 2.55. The average Bonchev–Trinajstić information content (AvgIpc) is 1.83. The van der Waals surface area contributed by atoms with Crippen molar-refractivity contribution in [1.29, 1.82) is 0 Å². The van der Waals surface area contributed by atoms with Crippen LogP contribution < -0.4 is 0 Å². The zero-order valence-corrected chi connectivity index (χ0v) is 6.20. The number of aliphatic hydroxyl groups is 1. The second-order valence-electron chi connectivity index (χ2n) is 2.27. The van der Waals surface area contributed by atoms with E-state index in [9.17, 15) is 18.0 Å². The van der Waals surface area contributed by atoms with Gasteiger partial charge in [-0.1, -0.05) is 6.92 Å². The highest BCUT2D eigenvalue weighted by Crippen LogP contribution is 2.33. The van der Waals surface area contributed by atoms with Crippen molar-refractivity contribution in [3.8, 4) is 0 Å². The fraction of sp³-hybridized carbons (Fsp3) is 0.833. The monoisotopic (exact) mass is 170 g/mol. The van der Waals surface area contributed by atoms with Gasteiger partial charge < -0.3 is 5.11 Å². The van der Waals surface area contributed by atoms with E-state index in [0.717, 1.165) is 13.8 Å². The summed E-state index contributed by atoms with van der Waals surface area (Å²) in [6.45, 7) is 1.83. The first-order chi connectivity index (χ1) is 4.75. The molecule has 0 heterocycles. The Labute approximate surface area is 62.0 Å². The highest BCUT2D eigenvalue weighted by atomic mass is 19.4. The molecule has 5 heteroatoms. The fourth-order valence-electron chi connectivity index (χ4n) is 0.649. The van der Waals surface area contributed by atoms with Gasteiger partial charge in [0.2, 0.25) is 5.60 Å². The van der Waals surface area contributed by atoms with E-state index < -0.39 is 24.0 Å². The third kappa shape index (κ3) is 1.71. The van der Waals surface area contributed by atoms with Crippen LogP contribution in [0.4, 0.5) is 13.2 Å². The number of halogens is 3. The molecule has 11 heavy (non-hydrogen) atoms. The molecule has 0 bridgehead atoms. The highest BCUT2D eigenvalue weighted by molar-refractivity contribution is 5.85. The molecule has 0 fully saturated rings. The predicted molar refractivity (Wildman–Crippen MR) is 32.0 cm³/mol. The summed E-state index contributed by atoms with van der Waals surface area (Å²) in [5.74, 6) is -1.27. The molecular formula is C6H9F3O2. The summed E-state index contributed by atoms with van der Waals surface area (Å²) in [6, 6.07) is 0. The van der Waals surface area contributed by atoms with Crippen molar-refractivity contribution in [2.24, 2.45) is 0 Å². The number of carbonyl (C=O) groups is 1. The van der Waals surface area contributed by atoms with E-state index in [4.69, 9.17) is 5.11 Å². The molecule has 0 saturated carbocycles. The Morgan fingerprint density at radius 3 is 1.82 bits per heavy atom. The molecule has 0 rings (SSSR count). The van der Waals surface area contributed by atoms with Gasteiger partial charge in [-0.05, 0) is 13.3 Å². The summed E-state index contributed by atoms with van der Waals surface area (Å²) in [4.78, 5) is 10.4. The lowest BCUT2D eigenvalue weighted by atomic mass is 9.96. The molecule has 0 saturated heterocycles. The zero-order chi connectivity index (χ0) is 9.28. The molecule has 0 aliphatic heterocycles. The SMILES string of the molecule is CC[C@@](O)(C(C)=O)C(F)(F)F. The maximum Gasteiger partial charge on any atom is 0.424 e. The molecule has 0 aromatic rings. The van der Waals surface area contributed by atoms with E-state index in [2.05, 4.69) is 0 Å². The van der Waals surface area contributed by atoms with E-state index in [-0.39, 0.29) is 0 Å². The molecule has 1 atom stereocenters. The van der Waals surface area contributed by atoms with Crippen LogP contribution in [0.15, 0.2) is 0 Å². The van der Waals surface area contributed by atoms with E-state index in [1.54, 1.807) is 0 Å². The molecule has 2 nitrogen and oxygen atoms in total. The van der Waals surface area contributed by atoms with Gasteiger partial charge in [0.1, 0.15) is 0 Å². The van der Waals surface area contributed by atoms with Gasteiger partial charge in [0.15, 0.2) is 5.78 Å². The van der Waals surface area contributed by atoms with Crippen LogP contribution in [0.5, 0.6) is 0 Å². The number of rotatable bonds is 2. The lowest BCUT2D eigenvalue weighted by Gasteiger charge is -2.25. The summed E-state index contributed by atoms with van der Waals surface area (Å²) in [6.07, 6.45) is -5.51. The Balaban J connectivity index is 4.75. The van der Waals surface area contributed by atoms with Gasteiger partial charge >= 0.3 is 6.18 Å². The quantitative estimate of drug-likeness (QED) is 0.677. The smallest absolute Gasteiger partial charge is 0.374 e. The molecule has 0 aromatic carbocycles. The van der Waals surface area contributed by atoms with E-state index in [1.807, 2.05) is 0 Å². The topological polar surface area (TPSA) is 37.3 Å². The van der Waals surface area contributed by atoms with Crippen LogP contribution in [0.1, 0.15) is 20.3 Å². The third-order valence-corrected chi connectivity index (χ3v) is 1.56. The maximum atomic E-state index is 11.9. The van der Waals surface area contributed by atoms with Crippen LogP contribution in [-0.2, 0) is 4.79 Å². The van der Waals surface area contributed by atoms with Gasteiger partial charge in [-0.15, -0.1) is 0 Å². The Morgan fingerprint density at radius 2 is 1.82 bits per heavy atom. The number of ketones is 1. The number of hydrogen-bond donors (Lipinski definition) is 1. The molecule has 0 aromatic heterocycles. The summed E-state index contributed by atoms with van der Waals surface area (Å²) in [5, 5.41) is 8.76. The lowest BCUT2D eigenvalue weighted by molar-refractivity contribution is -0.250. The summed E-state index contributed by atoms with van der Waals surface area (Å²) in [5.41, 5.74) is -3.16. The van der Waals surface area contributed by atoms with Gasteiger partial charge in [-0.2, -0.15) is 13.2 Å². The molecule has 66 valence electrons. The van der Waals surface area contributed by atoms with E-state index in [0.29, 0.717) is 0 Å². The number of Topliss-reactive ketones (excluding diaryl/α,β-unsaturated/α-hetero) is 1. The number of alkyl halides is 3. The normalized spacial score (nSPS) is 17.6. The van der Waals surface area contributed by atoms with Crippen molar-refractivity contribution in [2.45, 2.75) is 32.0 Å². The van der Waals surface area contributed by atoms with Crippen LogP contribution in [0.3, 0.4) is 0 Å². The lowest BCUT2D eigenvalue weighted by Crippen LogP contribution is -2.50. The molecule has 1 N–H and O–H groups in total. The molecule has 0 unspecified atom stereocenters. The first-order valence-electron chi connectivity index (χ1n) is 3.06. The predicted octanol–water partition coefficient (Wildman–Crippen LogP) is 1.28. The van der Waals surface area contributed by atoms with Crippen molar-refractivity contribution >= 4 is 5.78 Å². The van der Waals surface area contributed by atoms with E-state index in [1.165, 1.54) is 0 Å². The standard InChI is InChI=1S/C6H9F3O2/c1-3-5(11,4(2)10)6(7,8)9/h11H,3H2,1-2H3/t5-/m1/s1. The number of hydrogen-bond acceptors (Lipinski definition) is 2. The molecule has 0 amide bonds. The van der Waals surface area contributed by atoms with Crippen LogP contribution in [0.2, 0.25) is 0 Å². The van der Waals surface area contributed by atoms with Crippen molar-refractivity contribution < 1.29 is 23.1 Å². The van der Waals surface area contributed by atoms with Crippen LogP contribution in [0.25, 0.3) is 0 Å². The first kappa shape index (κ1) is 10.4. The zero-order valence-electron chi connectivity index (χ0n) is 6.20. The molecular weight excluding hydrogens is 161 g/mol. The van der Waals surface area contributed by atoms with Crippen molar-refractivity contribution in [3.05, 3.63) is 0 Å². The van der Waals surface area contributed by atoms with Crippen molar-refractivity contribution in [2.75, 3.05) is 0 Å². The minimum Gasteiger partial charge on any atom is -0.374 e. The van der Waals surface area contributed by atoms with Crippen LogP contribution >= 0.6 is 0 Å². The van der Waals surface area contributed by atoms with Crippen molar-refractivity contribution in [3.63, 3.8) is 0 Å². The van der Waals surface area contributed by atoms with Crippen LogP contribution in [-0.4, -0.2) is 22.7 Å². The van der Waals surface area contributed by atoms with Gasteiger partial charge in [0.25, 0.3) is 0 Å². The largest absolute Gasteiger partial charge is 0.424 e. The van der Waals surface area contributed by atoms with Gasteiger partial charge in [0, 0.05) is 0 Å². The van der Waals surface area contributed by atoms with Gasteiger partial charge in [0.05, 0.1) is 0 Å². The van der Waals surface area contributed by atoms with Crippen molar-refractivity contribution in [1.82, 2.24) is 0 Å². The van der Waals surface area contributed by atoms with Gasteiger partial charge in [-0.25, -0.2) is 0 Å². The fourth-order valence-corrected chi connectivity index (χ4v) is 0.649. The Bertz CT molecular complexity index is 164. The molecule has 0 aliphatic rings. The van der Waals surface area contributed by atoms with E-state index >= 15 is 0 Å². The number of carbonyl (C=O) groups excluding carboxylic acids is 1. The minimum absolute atomic E-state index is 0.647. The third-order valence-electron chi connectivity index (χ3n) is 1.56. The summed E-state index contributed by atoms with van der Waals surface area (Å²) in [7, 11) is 0. The second-order valence-corrected chi connectivity index (χ2v) is 2.27. The van der Waals surface area contributed by atoms with Crippen LogP contribution in [0, 0.1) is 0 Å². The molecule has 0 aliphatic carbocycles. The molecule has 0 spiro atoms. The van der Waals surface area contributed by atoms with Gasteiger partial charge in [-0.3, -0.25) is 4.79 Å². The maximum absolute atomic E-state index is 11.9. The minimum atomic E-state index is -4.87. The first-order valence-corrected chi connectivity index (χ1v) is 3.06. The summed E-state index contributed by atoms with van der Waals surface area (Å²) >= 11 is 0. The molecule has 0 radical (unpaired) electrons. The second kappa shape index (κ2) is 2.81.